The van der Waals surface area contributed by atoms with Crippen molar-refractivity contribution in [1.29, 1.82) is 0 Å². The highest BCUT2D eigenvalue weighted by Crippen LogP contribution is 2.30. The zero-order valence-corrected chi connectivity index (χ0v) is 23.2. The topological polar surface area (TPSA) is 114 Å². The Balaban J connectivity index is 1.56. The van der Waals surface area contributed by atoms with Gasteiger partial charge in [-0.05, 0) is 68.3 Å². The molecule has 0 fully saturated rings. The summed E-state index contributed by atoms with van der Waals surface area (Å²) in [7, 11) is -3.80. The van der Waals surface area contributed by atoms with Crippen LogP contribution in [0.25, 0.3) is 11.3 Å². The van der Waals surface area contributed by atoms with Gasteiger partial charge in [-0.15, -0.1) is 0 Å². The lowest BCUT2D eigenvalue weighted by Gasteiger charge is -2.11. The fourth-order valence-electron chi connectivity index (χ4n) is 3.64. The van der Waals surface area contributed by atoms with Crippen molar-refractivity contribution in [1.82, 2.24) is 9.71 Å². The summed E-state index contributed by atoms with van der Waals surface area (Å²) in [5, 5.41) is 3.25. The van der Waals surface area contributed by atoms with Gasteiger partial charge in [0.15, 0.2) is 0 Å². The average Bonchev–Trinajstić information content (AvgIpc) is 2.89. The average molecular weight is 579 g/mol. The molecule has 8 nitrogen and oxygen atoms in total. The first-order valence-electron chi connectivity index (χ1n) is 12.2. The summed E-state index contributed by atoms with van der Waals surface area (Å²) < 4.78 is 32.7. The molecule has 11 heteroatoms. The minimum atomic E-state index is -3.80. The molecule has 0 bridgehead atoms. The predicted molar refractivity (Wildman–Crippen MR) is 149 cm³/mol. The molecule has 3 rings (SSSR count). The van der Waals surface area contributed by atoms with Crippen LogP contribution in [0.3, 0.4) is 0 Å². The lowest BCUT2D eigenvalue weighted by Crippen LogP contribution is -2.25. The van der Waals surface area contributed by atoms with Gasteiger partial charge in [-0.1, -0.05) is 42.1 Å². The number of nitrogens with one attached hydrogen (secondary N) is 2. The molecule has 0 atom stereocenters. The normalized spacial score (nSPS) is 11.2. The molecule has 1 heterocycles. The fourth-order valence-corrected chi connectivity index (χ4v) is 5.28. The van der Waals surface area contributed by atoms with Crippen LogP contribution in [-0.2, 0) is 19.6 Å². The lowest BCUT2D eigenvalue weighted by molar-refractivity contribution is -0.143. The van der Waals surface area contributed by atoms with Crippen molar-refractivity contribution in [3.63, 3.8) is 0 Å². The third-order valence-corrected chi connectivity index (χ3v) is 7.67. The minimum absolute atomic E-state index is 0.00301. The summed E-state index contributed by atoms with van der Waals surface area (Å²) in [6, 6.07) is 14.4. The molecule has 0 aliphatic rings. The number of carbonyl (C=O) groups is 2. The van der Waals surface area contributed by atoms with Crippen LogP contribution in [0, 0.1) is 0 Å². The molecule has 0 unspecified atom stereocenters. The molecule has 0 saturated heterocycles. The number of hydrogen-bond donors (Lipinski definition) is 2. The third kappa shape index (κ3) is 8.52. The van der Waals surface area contributed by atoms with Crippen LogP contribution >= 0.6 is 23.2 Å². The van der Waals surface area contributed by atoms with Gasteiger partial charge < -0.3 is 10.1 Å². The van der Waals surface area contributed by atoms with E-state index < -0.39 is 15.9 Å². The second-order valence-electron chi connectivity index (χ2n) is 8.37. The number of pyridine rings is 1. The van der Waals surface area contributed by atoms with Gasteiger partial charge in [0.05, 0.1) is 32.8 Å². The van der Waals surface area contributed by atoms with Crippen molar-refractivity contribution >= 4 is 50.8 Å². The third-order valence-electron chi connectivity index (χ3n) is 5.57. The largest absolute Gasteiger partial charge is 0.466 e. The Kier molecular flexibility index (Phi) is 11.1. The van der Waals surface area contributed by atoms with Gasteiger partial charge in [-0.25, -0.2) is 13.1 Å². The number of carbonyl (C=O) groups excluding carboxylic acids is 2. The Morgan fingerprint density at radius 2 is 1.74 bits per heavy atom. The molecule has 0 radical (unpaired) electrons. The van der Waals surface area contributed by atoms with E-state index in [4.69, 9.17) is 27.9 Å². The number of sulfonamides is 1. The Bertz CT molecular complexity index is 1370. The smallest absolute Gasteiger partial charge is 0.305 e. The molecule has 2 N–H and O–H groups in total. The first kappa shape index (κ1) is 29.6. The number of hydrogen-bond acceptors (Lipinski definition) is 6. The van der Waals surface area contributed by atoms with Gasteiger partial charge >= 0.3 is 5.97 Å². The SMILES string of the molecule is CCOC(=O)CCCCCCNS(=O)(=O)c1ccc(C(=O)Nc2ccc(Cl)c(-c3ccccn3)c2)c(Cl)c1. The molecule has 0 saturated carbocycles. The van der Waals surface area contributed by atoms with Gasteiger partial charge in [-0.2, -0.15) is 0 Å². The van der Waals surface area contributed by atoms with Crippen molar-refractivity contribution in [2.24, 2.45) is 0 Å². The van der Waals surface area contributed by atoms with E-state index >= 15 is 0 Å². The zero-order chi connectivity index (χ0) is 27.5. The minimum Gasteiger partial charge on any atom is -0.466 e. The van der Waals surface area contributed by atoms with Crippen LogP contribution < -0.4 is 10.0 Å². The maximum Gasteiger partial charge on any atom is 0.305 e. The maximum atomic E-state index is 12.9. The van der Waals surface area contributed by atoms with Crippen LogP contribution in [0.5, 0.6) is 0 Å². The van der Waals surface area contributed by atoms with E-state index in [1.54, 1.807) is 37.4 Å². The van der Waals surface area contributed by atoms with E-state index in [-0.39, 0.29) is 28.0 Å². The molecule has 1 amide bonds. The van der Waals surface area contributed by atoms with Gasteiger partial charge in [-0.3, -0.25) is 14.6 Å². The quantitative estimate of drug-likeness (QED) is 0.187. The van der Waals surface area contributed by atoms with Crippen LogP contribution in [-0.4, -0.2) is 38.4 Å². The molecule has 38 heavy (non-hydrogen) atoms. The molecule has 0 aliphatic carbocycles. The summed E-state index contributed by atoms with van der Waals surface area (Å²) in [4.78, 5) is 28.4. The fraction of sp³-hybridized carbons (Fsp3) is 0.296. The number of unbranched alkanes of at least 4 members (excludes halogenated alkanes) is 3. The highest BCUT2D eigenvalue weighted by molar-refractivity contribution is 7.89. The molecular weight excluding hydrogens is 549 g/mol. The van der Waals surface area contributed by atoms with E-state index in [2.05, 4.69) is 15.0 Å². The molecule has 2 aromatic carbocycles. The second-order valence-corrected chi connectivity index (χ2v) is 11.0. The van der Waals surface area contributed by atoms with Crippen molar-refractivity contribution in [3.8, 4) is 11.3 Å². The molecule has 202 valence electrons. The number of halogens is 2. The van der Waals surface area contributed by atoms with E-state index in [1.165, 1.54) is 18.2 Å². The Morgan fingerprint density at radius 3 is 2.45 bits per heavy atom. The van der Waals surface area contributed by atoms with Crippen molar-refractivity contribution in [2.45, 2.75) is 43.9 Å². The Labute approximate surface area is 232 Å². The van der Waals surface area contributed by atoms with E-state index in [0.717, 1.165) is 12.8 Å². The lowest BCUT2D eigenvalue weighted by atomic mass is 10.1. The monoisotopic (exact) mass is 577 g/mol. The van der Waals surface area contributed by atoms with Crippen molar-refractivity contribution in [2.75, 3.05) is 18.5 Å². The Hall–Kier alpha value is -2.98. The van der Waals surface area contributed by atoms with Crippen LogP contribution in [0.15, 0.2) is 65.7 Å². The first-order valence-corrected chi connectivity index (χ1v) is 14.4. The molecule has 0 spiro atoms. The Morgan fingerprint density at radius 1 is 0.947 bits per heavy atom. The number of aromatic nitrogens is 1. The first-order chi connectivity index (χ1) is 18.2. The molecule has 0 aliphatic heterocycles. The van der Waals surface area contributed by atoms with Gasteiger partial charge in [0.25, 0.3) is 5.91 Å². The van der Waals surface area contributed by atoms with Gasteiger partial charge in [0.2, 0.25) is 10.0 Å². The molecule has 3 aromatic rings. The standard InChI is InChI=1S/C27H29Cl2N3O5S/c1-2-37-26(33)10-5-3-4-7-16-31-38(35,36)20-12-13-21(24(29)18-20)27(34)32-19-11-14-23(28)22(17-19)25-9-6-8-15-30-25/h6,8-9,11-15,17-18,31H,2-5,7,10,16H2,1H3,(H,32,34). The maximum absolute atomic E-state index is 12.9. The summed E-state index contributed by atoms with van der Waals surface area (Å²) in [6.45, 7) is 2.38. The molecule has 1 aromatic heterocycles. The second kappa shape index (κ2) is 14.2. The number of esters is 1. The summed E-state index contributed by atoms with van der Waals surface area (Å²) in [5.74, 6) is -0.714. The highest BCUT2D eigenvalue weighted by Gasteiger charge is 2.18. The van der Waals surface area contributed by atoms with E-state index in [0.29, 0.717) is 47.8 Å². The van der Waals surface area contributed by atoms with Gasteiger partial charge in [0, 0.05) is 30.4 Å². The number of benzene rings is 2. The molecular formula is C27H29Cl2N3O5S. The van der Waals surface area contributed by atoms with E-state index in [9.17, 15) is 18.0 Å². The number of amides is 1. The summed E-state index contributed by atoms with van der Waals surface area (Å²) in [6.07, 6.45) is 4.90. The highest BCUT2D eigenvalue weighted by atomic mass is 35.5. The number of rotatable bonds is 13. The number of ether oxygens (including phenoxy) is 1. The van der Waals surface area contributed by atoms with Crippen LogP contribution in [0.4, 0.5) is 5.69 Å². The van der Waals surface area contributed by atoms with Crippen LogP contribution in [0.1, 0.15) is 49.4 Å². The van der Waals surface area contributed by atoms with Gasteiger partial charge in [0.1, 0.15) is 0 Å². The number of nitrogens with zero attached hydrogens (tertiary/aromatic N) is 1. The van der Waals surface area contributed by atoms with Crippen molar-refractivity contribution < 1.29 is 22.7 Å². The van der Waals surface area contributed by atoms with Crippen LogP contribution in [0.2, 0.25) is 10.0 Å². The number of anilines is 1. The summed E-state index contributed by atoms with van der Waals surface area (Å²) >= 11 is 12.6. The van der Waals surface area contributed by atoms with Crippen molar-refractivity contribution in [3.05, 3.63) is 76.4 Å². The predicted octanol–water partition coefficient (Wildman–Crippen LogP) is 6.10. The zero-order valence-electron chi connectivity index (χ0n) is 20.9. The van der Waals surface area contributed by atoms with E-state index in [1.807, 2.05) is 12.1 Å². The summed E-state index contributed by atoms with van der Waals surface area (Å²) in [5.41, 5.74) is 1.92.